The highest BCUT2D eigenvalue weighted by atomic mass is 127. The molecule has 0 saturated heterocycles. The van der Waals surface area contributed by atoms with Gasteiger partial charge in [-0.3, -0.25) is 4.99 Å². The summed E-state index contributed by atoms with van der Waals surface area (Å²) in [6, 6.07) is 0.583. The minimum absolute atomic E-state index is 0. The maximum Gasteiger partial charge on any atom is 0.191 e. The molecule has 1 aliphatic rings. The van der Waals surface area contributed by atoms with E-state index in [0.29, 0.717) is 12.0 Å². The predicted octanol–water partition coefficient (Wildman–Crippen LogP) is 2.59. The fraction of sp³-hybridized carbons (Fsp3) is 0.812. The zero-order valence-corrected chi connectivity index (χ0v) is 16.9. The van der Waals surface area contributed by atoms with Gasteiger partial charge in [0.2, 0.25) is 0 Å². The first-order valence-corrected chi connectivity index (χ1v) is 8.60. The smallest absolute Gasteiger partial charge is 0.191 e. The average Bonchev–Trinajstić information content (AvgIpc) is 3.15. The first-order chi connectivity index (χ1) is 10.7. The number of hydrogen-bond donors (Lipinski definition) is 2. The SMILES string of the molecule is CCc1nncn1CCNC(=NCC(C)C)NC1CCCC1.I. The third-order valence-corrected chi connectivity index (χ3v) is 3.97. The molecule has 132 valence electrons. The Bertz CT molecular complexity index is 465. The molecule has 1 aliphatic carbocycles. The number of hydrogen-bond acceptors (Lipinski definition) is 3. The van der Waals surface area contributed by atoms with Crippen LogP contribution in [0.5, 0.6) is 0 Å². The fourth-order valence-corrected chi connectivity index (χ4v) is 2.72. The van der Waals surface area contributed by atoms with Gasteiger partial charge < -0.3 is 15.2 Å². The van der Waals surface area contributed by atoms with Crippen molar-refractivity contribution >= 4 is 29.9 Å². The Morgan fingerprint density at radius 1 is 1.39 bits per heavy atom. The maximum absolute atomic E-state index is 4.70. The minimum atomic E-state index is 0. The molecular formula is C16H31IN6. The number of nitrogens with zero attached hydrogens (tertiary/aromatic N) is 4. The van der Waals surface area contributed by atoms with Gasteiger partial charge in [0, 0.05) is 32.1 Å². The molecule has 0 radical (unpaired) electrons. The van der Waals surface area contributed by atoms with Gasteiger partial charge >= 0.3 is 0 Å². The third kappa shape index (κ3) is 7.05. The van der Waals surface area contributed by atoms with Crippen LogP contribution in [0.4, 0.5) is 0 Å². The molecule has 0 bridgehead atoms. The van der Waals surface area contributed by atoms with E-state index in [2.05, 4.69) is 46.2 Å². The van der Waals surface area contributed by atoms with Crippen LogP contribution in [0.2, 0.25) is 0 Å². The summed E-state index contributed by atoms with van der Waals surface area (Å²) in [5, 5.41) is 15.1. The highest BCUT2D eigenvalue weighted by Gasteiger charge is 2.16. The molecule has 1 heterocycles. The first-order valence-electron chi connectivity index (χ1n) is 8.60. The van der Waals surface area contributed by atoms with Gasteiger partial charge in [0.15, 0.2) is 5.96 Å². The molecule has 0 aromatic carbocycles. The van der Waals surface area contributed by atoms with Crippen LogP contribution < -0.4 is 10.6 Å². The van der Waals surface area contributed by atoms with E-state index in [4.69, 9.17) is 4.99 Å². The lowest BCUT2D eigenvalue weighted by molar-refractivity contribution is 0.585. The summed E-state index contributed by atoms with van der Waals surface area (Å²) < 4.78 is 2.10. The van der Waals surface area contributed by atoms with Crippen molar-refractivity contribution in [2.45, 2.75) is 65.5 Å². The van der Waals surface area contributed by atoms with E-state index in [1.165, 1.54) is 25.7 Å². The molecule has 23 heavy (non-hydrogen) atoms. The molecule has 2 rings (SSSR count). The van der Waals surface area contributed by atoms with Gasteiger partial charge in [-0.15, -0.1) is 34.2 Å². The summed E-state index contributed by atoms with van der Waals surface area (Å²) >= 11 is 0. The van der Waals surface area contributed by atoms with E-state index < -0.39 is 0 Å². The van der Waals surface area contributed by atoms with Gasteiger partial charge in [-0.25, -0.2) is 0 Å². The van der Waals surface area contributed by atoms with E-state index in [-0.39, 0.29) is 24.0 Å². The number of aryl methyl sites for hydroxylation is 1. The van der Waals surface area contributed by atoms with Crippen molar-refractivity contribution in [3.05, 3.63) is 12.2 Å². The third-order valence-electron chi connectivity index (χ3n) is 3.97. The second-order valence-electron chi connectivity index (χ2n) is 6.43. The van der Waals surface area contributed by atoms with E-state index in [9.17, 15) is 0 Å². The Morgan fingerprint density at radius 2 is 2.13 bits per heavy atom. The van der Waals surface area contributed by atoms with Crippen molar-refractivity contribution in [2.75, 3.05) is 13.1 Å². The van der Waals surface area contributed by atoms with Crippen LogP contribution in [-0.4, -0.2) is 39.9 Å². The normalized spacial score (nSPS) is 15.7. The van der Waals surface area contributed by atoms with Gasteiger partial charge in [0.05, 0.1) is 0 Å². The summed E-state index contributed by atoms with van der Waals surface area (Å²) in [6.07, 6.45) is 7.89. The Morgan fingerprint density at radius 3 is 2.78 bits per heavy atom. The van der Waals surface area contributed by atoms with Gasteiger partial charge in [0.25, 0.3) is 0 Å². The van der Waals surface area contributed by atoms with Gasteiger partial charge in [0.1, 0.15) is 12.2 Å². The highest BCUT2D eigenvalue weighted by Crippen LogP contribution is 2.17. The summed E-state index contributed by atoms with van der Waals surface area (Å²) in [6.45, 7) is 9.05. The quantitative estimate of drug-likeness (QED) is 0.393. The van der Waals surface area contributed by atoms with Crippen molar-refractivity contribution in [1.82, 2.24) is 25.4 Å². The molecule has 0 atom stereocenters. The van der Waals surface area contributed by atoms with Crippen molar-refractivity contribution in [3.63, 3.8) is 0 Å². The van der Waals surface area contributed by atoms with Crippen molar-refractivity contribution in [2.24, 2.45) is 10.9 Å². The van der Waals surface area contributed by atoms with Crippen LogP contribution in [-0.2, 0) is 13.0 Å². The largest absolute Gasteiger partial charge is 0.355 e. The van der Waals surface area contributed by atoms with Crippen LogP contribution in [0.1, 0.15) is 52.3 Å². The molecule has 2 N–H and O–H groups in total. The second-order valence-corrected chi connectivity index (χ2v) is 6.43. The zero-order chi connectivity index (χ0) is 15.8. The Kier molecular flexibility index (Phi) is 9.50. The zero-order valence-electron chi connectivity index (χ0n) is 14.6. The van der Waals surface area contributed by atoms with Crippen molar-refractivity contribution < 1.29 is 0 Å². The monoisotopic (exact) mass is 434 g/mol. The fourth-order valence-electron chi connectivity index (χ4n) is 2.72. The molecule has 1 fully saturated rings. The van der Waals surface area contributed by atoms with E-state index in [1.807, 2.05) is 0 Å². The summed E-state index contributed by atoms with van der Waals surface area (Å²) in [5.41, 5.74) is 0. The van der Waals surface area contributed by atoms with Crippen LogP contribution in [0.25, 0.3) is 0 Å². The number of rotatable bonds is 7. The molecule has 1 saturated carbocycles. The van der Waals surface area contributed by atoms with E-state index >= 15 is 0 Å². The lowest BCUT2D eigenvalue weighted by Crippen LogP contribution is -2.43. The maximum atomic E-state index is 4.70. The lowest BCUT2D eigenvalue weighted by atomic mass is 10.2. The molecular weight excluding hydrogens is 403 g/mol. The number of aliphatic imine (C=N–C) groups is 1. The molecule has 0 spiro atoms. The molecule has 7 heteroatoms. The standard InChI is InChI=1S/C16H30N6.HI/c1-4-15-21-19-12-22(15)10-9-17-16(18-11-13(2)3)20-14-7-5-6-8-14;/h12-14H,4-11H2,1-3H3,(H2,17,18,20);1H. The molecule has 0 unspecified atom stereocenters. The Labute approximate surface area is 157 Å². The predicted molar refractivity (Wildman–Crippen MR) is 105 cm³/mol. The second kappa shape index (κ2) is 10.8. The molecule has 6 nitrogen and oxygen atoms in total. The average molecular weight is 434 g/mol. The van der Waals surface area contributed by atoms with Crippen molar-refractivity contribution in [1.29, 1.82) is 0 Å². The van der Waals surface area contributed by atoms with Crippen LogP contribution in [0.15, 0.2) is 11.3 Å². The van der Waals surface area contributed by atoms with Gasteiger partial charge in [-0.2, -0.15) is 0 Å². The summed E-state index contributed by atoms with van der Waals surface area (Å²) in [7, 11) is 0. The number of halogens is 1. The molecule has 0 aliphatic heterocycles. The topological polar surface area (TPSA) is 67.1 Å². The summed E-state index contributed by atoms with van der Waals surface area (Å²) in [5.74, 6) is 2.56. The van der Waals surface area contributed by atoms with Crippen LogP contribution in [0.3, 0.4) is 0 Å². The number of nitrogens with one attached hydrogen (secondary N) is 2. The Hall–Kier alpha value is -0.860. The lowest BCUT2D eigenvalue weighted by Gasteiger charge is -2.18. The molecule has 1 aromatic rings. The van der Waals surface area contributed by atoms with Gasteiger partial charge in [-0.05, 0) is 18.8 Å². The van der Waals surface area contributed by atoms with E-state index in [1.54, 1.807) is 6.33 Å². The number of aromatic nitrogens is 3. The van der Waals surface area contributed by atoms with Crippen LogP contribution in [0, 0.1) is 5.92 Å². The van der Waals surface area contributed by atoms with Crippen LogP contribution >= 0.6 is 24.0 Å². The number of guanidine groups is 1. The van der Waals surface area contributed by atoms with Crippen molar-refractivity contribution in [3.8, 4) is 0 Å². The van der Waals surface area contributed by atoms with Gasteiger partial charge in [-0.1, -0.05) is 33.6 Å². The molecule has 1 aromatic heterocycles. The molecule has 0 amide bonds. The first kappa shape index (κ1) is 20.2. The Balaban J connectivity index is 0.00000264. The van der Waals surface area contributed by atoms with E-state index in [0.717, 1.165) is 37.8 Å². The summed E-state index contributed by atoms with van der Waals surface area (Å²) in [4.78, 5) is 4.70. The minimum Gasteiger partial charge on any atom is -0.355 e. The highest BCUT2D eigenvalue weighted by molar-refractivity contribution is 14.0.